The number of nitrogens with one attached hydrogen (secondary N) is 1. The number of aliphatic hydroxyl groups is 2. The van der Waals surface area contributed by atoms with E-state index in [2.05, 4.69) is 10.3 Å². The lowest BCUT2D eigenvalue weighted by Gasteiger charge is -2.56. The lowest BCUT2D eigenvalue weighted by atomic mass is 9.49. The zero-order chi connectivity index (χ0) is 32.7. The van der Waals surface area contributed by atoms with E-state index >= 15 is 0 Å². The van der Waals surface area contributed by atoms with Gasteiger partial charge in [-0.05, 0) is 38.6 Å². The minimum absolute atomic E-state index is 0.141. The largest absolute Gasteiger partial charge is 0.505 e. The van der Waals surface area contributed by atoms with E-state index < -0.39 is 82.1 Å². The fraction of sp³-hybridized carbons (Fsp3) is 0.375. The van der Waals surface area contributed by atoms with Gasteiger partial charge in [-0.1, -0.05) is 43.3 Å². The number of aliphatic hydroxyl groups excluding tert-OH is 1. The molecule has 0 bridgehead atoms. The molecule has 2 fully saturated rings. The number of benzene rings is 2. The van der Waals surface area contributed by atoms with Crippen molar-refractivity contribution in [2.45, 2.75) is 37.5 Å². The van der Waals surface area contributed by atoms with E-state index in [4.69, 9.17) is 5.73 Å². The SMILES string of the molecule is Cc1sc(Nc2ccc3c(c2O)C(=O)C2C(=O)C4(O)C(=O)C(C(N)=O)C(=O)C(N(C)C)C4C(O)C2C3C)nc1-c1ccccc1. The van der Waals surface area contributed by atoms with Gasteiger partial charge < -0.3 is 26.4 Å². The first-order valence-corrected chi connectivity index (χ1v) is 15.2. The number of thiazole rings is 1. The van der Waals surface area contributed by atoms with Gasteiger partial charge in [0, 0.05) is 16.4 Å². The van der Waals surface area contributed by atoms with Gasteiger partial charge >= 0.3 is 0 Å². The third-order valence-corrected chi connectivity index (χ3v) is 10.5. The molecule has 3 aliphatic carbocycles. The predicted molar refractivity (Wildman–Crippen MR) is 163 cm³/mol. The number of ketones is 4. The highest BCUT2D eigenvalue weighted by Crippen LogP contribution is 2.55. The monoisotopic (exact) mass is 632 g/mol. The quantitative estimate of drug-likeness (QED) is 0.202. The molecule has 12 nitrogen and oxygen atoms in total. The molecule has 8 atom stereocenters. The molecular formula is C32H32N4O8S. The van der Waals surface area contributed by atoms with E-state index in [0.717, 1.165) is 16.1 Å². The van der Waals surface area contributed by atoms with Gasteiger partial charge in [0.15, 0.2) is 39.8 Å². The number of phenols is 1. The van der Waals surface area contributed by atoms with Crippen molar-refractivity contribution in [1.82, 2.24) is 9.88 Å². The van der Waals surface area contributed by atoms with E-state index in [0.29, 0.717) is 10.7 Å². The van der Waals surface area contributed by atoms with Crippen LogP contribution < -0.4 is 11.1 Å². The molecule has 13 heteroatoms. The van der Waals surface area contributed by atoms with E-state index in [9.17, 15) is 39.3 Å². The fourth-order valence-corrected chi connectivity index (χ4v) is 8.37. The molecule has 2 saturated carbocycles. The van der Waals surface area contributed by atoms with Crippen LogP contribution in [0.4, 0.5) is 10.8 Å². The molecular weight excluding hydrogens is 600 g/mol. The molecule has 1 amide bonds. The highest BCUT2D eigenvalue weighted by atomic mass is 32.1. The number of carbonyl (C=O) groups excluding carboxylic acids is 5. The number of amides is 1. The molecule has 1 aromatic heterocycles. The summed E-state index contributed by atoms with van der Waals surface area (Å²) in [6.45, 7) is 3.57. The third-order valence-electron chi connectivity index (χ3n) is 9.57. The summed E-state index contributed by atoms with van der Waals surface area (Å²) < 4.78 is 0. The molecule has 3 aliphatic rings. The Morgan fingerprint density at radius 1 is 1.07 bits per heavy atom. The number of nitrogens with two attached hydrogens (primary N) is 1. The molecule has 234 valence electrons. The van der Waals surface area contributed by atoms with Crippen LogP contribution in [0.25, 0.3) is 11.3 Å². The highest BCUT2D eigenvalue weighted by Gasteiger charge is 2.72. The summed E-state index contributed by atoms with van der Waals surface area (Å²) in [5.74, 6) is -13.7. The number of hydrogen-bond donors (Lipinski definition) is 5. The van der Waals surface area contributed by atoms with Crippen molar-refractivity contribution in [3.8, 4) is 17.0 Å². The lowest BCUT2D eigenvalue weighted by molar-refractivity contribution is -0.196. The van der Waals surface area contributed by atoms with Crippen LogP contribution in [-0.2, 0) is 19.2 Å². The van der Waals surface area contributed by atoms with Crippen molar-refractivity contribution in [2.75, 3.05) is 19.4 Å². The highest BCUT2D eigenvalue weighted by molar-refractivity contribution is 7.16. The van der Waals surface area contributed by atoms with Gasteiger partial charge in [0.1, 0.15) is 5.75 Å². The Bertz CT molecular complexity index is 1790. The normalized spacial score (nSPS) is 31.0. The molecule has 2 aromatic carbocycles. The van der Waals surface area contributed by atoms with Crippen LogP contribution >= 0.6 is 11.3 Å². The molecule has 0 aliphatic heterocycles. The Morgan fingerprint density at radius 2 is 1.73 bits per heavy atom. The van der Waals surface area contributed by atoms with Crippen LogP contribution in [0.15, 0.2) is 42.5 Å². The van der Waals surface area contributed by atoms with E-state index in [1.54, 1.807) is 19.1 Å². The number of anilines is 2. The molecule has 6 rings (SSSR count). The van der Waals surface area contributed by atoms with Crippen LogP contribution in [0.2, 0.25) is 0 Å². The number of hydrogen-bond acceptors (Lipinski definition) is 12. The van der Waals surface area contributed by atoms with Crippen LogP contribution in [0.3, 0.4) is 0 Å². The van der Waals surface area contributed by atoms with Gasteiger partial charge in [0.25, 0.3) is 0 Å². The number of nitrogens with zero attached hydrogens (tertiary/aromatic N) is 2. The number of aromatic nitrogens is 1. The number of likely N-dealkylation sites (N-methyl/N-ethyl adjacent to an activating group) is 1. The van der Waals surface area contributed by atoms with E-state index in [1.165, 1.54) is 30.3 Å². The second-order valence-corrected chi connectivity index (χ2v) is 13.4. The maximum Gasteiger partial charge on any atom is 0.235 e. The van der Waals surface area contributed by atoms with Gasteiger partial charge in [-0.15, -0.1) is 11.3 Å². The topological polar surface area (TPSA) is 200 Å². The number of rotatable bonds is 5. The number of aromatic hydroxyl groups is 1. The van der Waals surface area contributed by atoms with Crippen LogP contribution in [0.1, 0.15) is 33.6 Å². The first kappa shape index (κ1) is 30.7. The average molecular weight is 633 g/mol. The van der Waals surface area contributed by atoms with Crippen molar-refractivity contribution >= 4 is 51.2 Å². The van der Waals surface area contributed by atoms with Gasteiger partial charge in [-0.25, -0.2) is 4.98 Å². The number of primary amides is 1. The fourth-order valence-electron chi connectivity index (χ4n) is 7.52. The second-order valence-electron chi connectivity index (χ2n) is 12.2. The first-order chi connectivity index (χ1) is 21.2. The minimum atomic E-state index is -3.05. The van der Waals surface area contributed by atoms with E-state index in [-0.39, 0.29) is 11.3 Å². The number of aryl methyl sites for hydroxylation is 1. The summed E-state index contributed by atoms with van der Waals surface area (Å²) in [6, 6.07) is 11.3. The number of phenolic OH excluding ortho intramolecular Hbond substituents is 1. The van der Waals surface area contributed by atoms with Gasteiger partial charge in [0.2, 0.25) is 5.91 Å². The molecule has 1 heterocycles. The molecule has 45 heavy (non-hydrogen) atoms. The smallest absolute Gasteiger partial charge is 0.235 e. The number of fused-ring (bicyclic) bond motifs is 3. The third kappa shape index (κ3) is 4.29. The minimum Gasteiger partial charge on any atom is -0.505 e. The number of carbonyl (C=O) groups is 5. The van der Waals surface area contributed by atoms with Crippen molar-refractivity contribution in [2.24, 2.45) is 29.4 Å². The van der Waals surface area contributed by atoms with Crippen LogP contribution in [-0.4, -0.2) is 86.1 Å². The lowest BCUT2D eigenvalue weighted by Crippen LogP contribution is -2.77. The van der Waals surface area contributed by atoms with Gasteiger partial charge in [0.05, 0.1) is 40.9 Å². The zero-order valence-electron chi connectivity index (χ0n) is 24.8. The van der Waals surface area contributed by atoms with Crippen molar-refractivity contribution in [3.05, 3.63) is 58.5 Å². The summed E-state index contributed by atoms with van der Waals surface area (Å²) in [5, 5.41) is 38.4. The Hall–Kier alpha value is -4.30. The van der Waals surface area contributed by atoms with Crippen LogP contribution in [0, 0.1) is 30.6 Å². The molecule has 0 saturated heterocycles. The average Bonchev–Trinajstić information content (AvgIpc) is 3.35. The molecule has 8 unspecified atom stereocenters. The summed E-state index contributed by atoms with van der Waals surface area (Å²) >= 11 is 1.34. The Kier molecular flexibility index (Phi) is 7.27. The summed E-state index contributed by atoms with van der Waals surface area (Å²) in [6.07, 6.45) is -1.69. The molecule has 6 N–H and O–H groups in total. The summed E-state index contributed by atoms with van der Waals surface area (Å²) in [7, 11) is 2.90. The van der Waals surface area contributed by atoms with Gasteiger partial charge in [-0.3, -0.25) is 28.9 Å². The predicted octanol–water partition coefficient (Wildman–Crippen LogP) is 1.57. The Morgan fingerprint density at radius 3 is 2.36 bits per heavy atom. The summed E-state index contributed by atoms with van der Waals surface area (Å²) in [5.41, 5.74) is 4.27. The Labute approximate surface area is 261 Å². The maximum absolute atomic E-state index is 14.2. The summed E-state index contributed by atoms with van der Waals surface area (Å²) in [4.78, 5) is 74.2. The number of Topliss-reactive ketones (excluding diaryl/α,β-unsaturated/α-hetero) is 4. The first-order valence-electron chi connectivity index (χ1n) is 14.4. The van der Waals surface area contributed by atoms with Gasteiger partial charge in [-0.2, -0.15) is 0 Å². The van der Waals surface area contributed by atoms with Crippen molar-refractivity contribution in [1.29, 1.82) is 0 Å². The molecule has 0 spiro atoms. The Balaban J connectivity index is 1.42. The van der Waals surface area contributed by atoms with E-state index in [1.807, 2.05) is 37.3 Å². The zero-order valence-corrected chi connectivity index (χ0v) is 25.7. The van der Waals surface area contributed by atoms with Crippen molar-refractivity contribution in [3.63, 3.8) is 0 Å². The van der Waals surface area contributed by atoms with Crippen molar-refractivity contribution < 1.29 is 39.3 Å². The maximum atomic E-state index is 14.2. The molecule has 3 aromatic rings. The van der Waals surface area contributed by atoms with Crippen LogP contribution in [0.5, 0.6) is 5.75 Å². The standard InChI is InChI=1S/C32H32N4O8S/c1-12-15-10-11-16(34-31-35-22(13(2)45-31)14-8-6-5-7-9-14)24(37)18(15)25(38)19-17(12)26(39)21-23(36(3)4)27(40)20(30(33)43)29(42)32(21,44)28(19)41/h5-12,17,19-21,23,26,37,39,44H,1-4H3,(H2,33,43)(H,34,35). The second kappa shape index (κ2) is 10.7. The molecule has 0 radical (unpaired) electrons.